The third-order valence-electron chi connectivity index (χ3n) is 8.50. The minimum absolute atomic E-state index is 0.0101. The maximum atomic E-state index is 7.25. The molecule has 0 saturated heterocycles. The van der Waals surface area contributed by atoms with Crippen molar-refractivity contribution in [2.45, 2.75) is 38.5 Å². The molecule has 0 aliphatic heterocycles. The summed E-state index contributed by atoms with van der Waals surface area (Å²) < 4.78 is 20.2. The monoisotopic (exact) mass is 706 g/mol. The van der Waals surface area contributed by atoms with E-state index in [0.717, 1.165) is 56.4 Å². The Balaban J connectivity index is 1.41. The van der Waals surface area contributed by atoms with E-state index < -0.39 is 13.5 Å². The Morgan fingerprint density at radius 1 is 0.804 bits per heavy atom. The summed E-state index contributed by atoms with van der Waals surface area (Å²) in [7, 11) is -1.19. The van der Waals surface area contributed by atoms with Crippen molar-refractivity contribution in [3.63, 3.8) is 0 Å². The van der Waals surface area contributed by atoms with E-state index in [4.69, 9.17) is 13.8 Å². The van der Waals surface area contributed by atoms with Crippen LogP contribution in [0.15, 0.2) is 187 Å². The predicted octanol–water partition coefficient (Wildman–Crippen LogP) is 10.1. The van der Waals surface area contributed by atoms with Crippen LogP contribution in [0.5, 0.6) is 0 Å². The van der Waals surface area contributed by atoms with Crippen molar-refractivity contribution < 1.29 is 13.8 Å². The fourth-order valence-corrected chi connectivity index (χ4v) is 8.31. The van der Waals surface area contributed by atoms with Crippen molar-refractivity contribution >= 4 is 46.3 Å². The highest BCUT2D eigenvalue weighted by Gasteiger charge is 2.27. The van der Waals surface area contributed by atoms with Gasteiger partial charge < -0.3 is 13.8 Å². The first-order valence-corrected chi connectivity index (χ1v) is 19.4. The zero-order valence-corrected chi connectivity index (χ0v) is 31.2. The van der Waals surface area contributed by atoms with Crippen LogP contribution in [0.3, 0.4) is 0 Å². The van der Waals surface area contributed by atoms with E-state index >= 15 is 0 Å². The van der Waals surface area contributed by atoms with E-state index in [9.17, 15) is 0 Å². The van der Waals surface area contributed by atoms with E-state index in [2.05, 4.69) is 116 Å². The number of rotatable bonds is 13. The van der Waals surface area contributed by atoms with Crippen molar-refractivity contribution in [1.29, 1.82) is 0 Å². The van der Waals surface area contributed by atoms with Gasteiger partial charge in [0.05, 0.1) is 6.26 Å². The average Bonchev–Trinajstić information content (AvgIpc) is 3.35. The molecule has 2 aliphatic carbocycles. The lowest BCUT2D eigenvalue weighted by Gasteiger charge is -2.27. The van der Waals surface area contributed by atoms with E-state index in [0.29, 0.717) is 12.2 Å². The summed E-state index contributed by atoms with van der Waals surface area (Å²) >= 11 is 0. The molecule has 5 heteroatoms. The molecule has 0 spiro atoms. The van der Waals surface area contributed by atoms with Gasteiger partial charge in [-0.05, 0) is 72.1 Å². The predicted molar refractivity (Wildman–Crippen MR) is 219 cm³/mol. The average molecular weight is 707 g/mol. The normalized spacial score (nSPS) is 15.5. The van der Waals surface area contributed by atoms with Crippen LogP contribution in [0, 0.1) is 0 Å². The highest BCUT2D eigenvalue weighted by molar-refractivity contribution is 7.68. The first kappa shape index (κ1) is 35.9. The fraction of sp³-hybridized carbons (Fsp3) is 0.130. The number of benzene rings is 4. The zero-order chi connectivity index (χ0) is 35.5. The van der Waals surface area contributed by atoms with Gasteiger partial charge in [0, 0.05) is 28.2 Å². The second kappa shape index (κ2) is 17.3. The summed E-state index contributed by atoms with van der Waals surface area (Å²) in [6, 6.07) is 37.6. The Labute approximate surface area is 305 Å². The molecule has 0 aromatic heterocycles. The van der Waals surface area contributed by atoms with Crippen molar-refractivity contribution in [2.24, 2.45) is 0 Å². The third kappa shape index (κ3) is 9.44. The van der Waals surface area contributed by atoms with Gasteiger partial charge in [0.25, 0.3) is 0 Å². The SMILES string of the molecule is C=C/C(OPC(C)(C)O/C=C/C=c1/ccccc1=C)=C(\C1=CCCC=C1)C1=C(OP(c2ccccc2)c2ccccc2)C=Cc2ccccc2C1. The molecule has 0 heterocycles. The Bertz CT molecular complexity index is 2100. The summed E-state index contributed by atoms with van der Waals surface area (Å²) in [5.74, 6) is 1.53. The largest absolute Gasteiger partial charge is 0.488 e. The number of ether oxygens (including phenoxy) is 1. The molecule has 0 fully saturated rings. The van der Waals surface area contributed by atoms with Gasteiger partial charge in [-0.1, -0.05) is 153 Å². The lowest BCUT2D eigenvalue weighted by Crippen LogP contribution is -2.21. The van der Waals surface area contributed by atoms with Gasteiger partial charge in [0.2, 0.25) is 0 Å². The molecule has 4 aromatic carbocycles. The number of hydrogen-bond donors (Lipinski definition) is 0. The van der Waals surface area contributed by atoms with Gasteiger partial charge in [0.1, 0.15) is 20.3 Å². The molecule has 0 radical (unpaired) electrons. The van der Waals surface area contributed by atoms with Crippen LogP contribution < -0.4 is 21.0 Å². The molecular formula is C46H44O3P2. The third-order valence-corrected chi connectivity index (χ3v) is 11.3. The van der Waals surface area contributed by atoms with Crippen molar-refractivity contribution in [1.82, 2.24) is 0 Å². The first-order chi connectivity index (χ1) is 24.9. The van der Waals surface area contributed by atoms with Crippen LogP contribution in [0.2, 0.25) is 0 Å². The molecule has 4 aromatic rings. The standard InChI is InChI=1S/C46H44O3P2/c1-5-43(48-50-46(3,4)47-33-19-26-36-21-16-15-20-35(36)2)45(38-23-9-6-10-24-38)42-34-39-25-18-17-22-37(39)31-32-44(42)49-51(40-27-11-7-12-28-40)41-29-13-8-14-30-41/h5,7-9,11-33,50H,1-2,6,10,34H2,3-4H3/b33-19+,36-26-,45-43-. The van der Waals surface area contributed by atoms with Gasteiger partial charge in [-0.2, -0.15) is 0 Å². The first-order valence-electron chi connectivity index (χ1n) is 17.3. The van der Waals surface area contributed by atoms with Gasteiger partial charge in [-0.3, -0.25) is 0 Å². The Hall–Kier alpha value is -4.94. The number of fused-ring (bicyclic) bond motifs is 1. The molecular weight excluding hydrogens is 662 g/mol. The van der Waals surface area contributed by atoms with E-state index in [1.54, 1.807) is 6.26 Å². The van der Waals surface area contributed by atoms with Gasteiger partial charge >= 0.3 is 0 Å². The maximum absolute atomic E-state index is 7.25. The second-order valence-corrected chi connectivity index (χ2v) is 16.1. The summed E-state index contributed by atoms with van der Waals surface area (Å²) in [6.45, 7) is 12.4. The summed E-state index contributed by atoms with van der Waals surface area (Å²) in [4.78, 5) is 0. The smallest absolute Gasteiger partial charge is 0.154 e. The van der Waals surface area contributed by atoms with Crippen LogP contribution in [-0.4, -0.2) is 5.34 Å². The van der Waals surface area contributed by atoms with E-state index in [1.807, 2.05) is 68.5 Å². The number of hydrogen-bond acceptors (Lipinski definition) is 3. The van der Waals surface area contributed by atoms with Crippen LogP contribution >= 0.6 is 17.0 Å². The molecule has 0 N–H and O–H groups in total. The minimum Gasteiger partial charge on any atom is -0.488 e. The molecule has 51 heavy (non-hydrogen) atoms. The van der Waals surface area contributed by atoms with Crippen LogP contribution in [-0.2, 0) is 20.2 Å². The zero-order valence-electron chi connectivity index (χ0n) is 29.3. The molecule has 0 bridgehead atoms. The molecule has 0 amide bonds. The van der Waals surface area contributed by atoms with Crippen LogP contribution in [0.4, 0.5) is 0 Å². The van der Waals surface area contributed by atoms with Gasteiger partial charge in [0.15, 0.2) is 13.5 Å². The molecule has 0 saturated carbocycles. The van der Waals surface area contributed by atoms with Crippen molar-refractivity contribution in [2.75, 3.05) is 0 Å². The number of allylic oxidation sites excluding steroid dienone is 9. The van der Waals surface area contributed by atoms with Crippen molar-refractivity contribution in [3.05, 3.63) is 208 Å². The molecule has 1 atom stereocenters. The summed E-state index contributed by atoms with van der Waals surface area (Å²) in [6.07, 6.45) is 21.1. The van der Waals surface area contributed by atoms with E-state index in [-0.39, 0.29) is 8.81 Å². The summed E-state index contributed by atoms with van der Waals surface area (Å²) in [5, 5.41) is 3.72. The van der Waals surface area contributed by atoms with Crippen molar-refractivity contribution in [3.8, 4) is 0 Å². The summed E-state index contributed by atoms with van der Waals surface area (Å²) in [5.41, 5.74) is 5.56. The molecule has 6 rings (SSSR count). The van der Waals surface area contributed by atoms with E-state index in [1.165, 1.54) is 11.1 Å². The van der Waals surface area contributed by atoms with Crippen LogP contribution in [0.1, 0.15) is 37.8 Å². The minimum atomic E-state index is -1.18. The Kier molecular flexibility index (Phi) is 12.2. The Morgan fingerprint density at radius 2 is 1.49 bits per heavy atom. The quantitative estimate of drug-likeness (QED) is 0.0787. The highest BCUT2D eigenvalue weighted by Crippen LogP contribution is 2.45. The Morgan fingerprint density at radius 3 is 2.18 bits per heavy atom. The maximum Gasteiger partial charge on any atom is 0.154 e. The lowest BCUT2D eigenvalue weighted by molar-refractivity contribution is 0.134. The van der Waals surface area contributed by atoms with Gasteiger partial charge in [-0.25, -0.2) is 0 Å². The van der Waals surface area contributed by atoms with Gasteiger partial charge in [-0.15, -0.1) is 0 Å². The molecule has 1 unspecified atom stereocenters. The molecule has 2 aliphatic rings. The lowest BCUT2D eigenvalue weighted by atomic mass is 9.88. The highest BCUT2D eigenvalue weighted by atomic mass is 31.1. The van der Waals surface area contributed by atoms with Crippen LogP contribution in [0.25, 0.3) is 18.7 Å². The topological polar surface area (TPSA) is 27.7 Å². The fourth-order valence-electron chi connectivity index (χ4n) is 5.89. The molecule has 3 nitrogen and oxygen atoms in total. The second-order valence-electron chi connectivity index (χ2n) is 12.7. The molecule has 256 valence electrons.